The Kier molecular flexibility index (Phi) is 7.29. The number of aryl methyl sites for hydroxylation is 2. The van der Waals surface area contributed by atoms with Gasteiger partial charge in [-0.15, -0.1) is 22.0 Å². The number of nitrogens with one attached hydrogen (secondary N) is 1. The second-order valence-corrected chi connectivity index (χ2v) is 9.32. The zero-order chi connectivity index (χ0) is 22.3. The van der Waals surface area contributed by atoms with Crippen molar-refractivity contribution >= 4 is 35.1 Å². The van der Waals surface area contributed by atoms with Crippen LogP contribution < -0.4 is 5.32 Å². The van der Waals surface area contributed by atoms with Crippen LogP contribution in [-0.2, 0) is 10.5 Å². The van der Waals surface area contributed by atoms with Gasteiger partial charge in [0.25, 0.3) is 0 Å². The van der Waals surface area contributed by atoms with Crippen LogP contribution in [0, 0.1) is 13.8 Å². The Bertz CT molecular complexity index is 1210. The van der Waals surface area contributed by atoms with Gasteiger partial charge in [-0.25, -0.2) is 0 Å². The predicted octanol–water partition coefficient (Wildman–Crippen LogP) is 5.91. The van der Waals surface area contributed by atoms with E-state index in [1.807, 2.05) is 61.5 Å². The second kappa shape index (κ2) is 10.5. The molecule has 0 aliphatic carbocycles. The van der Waals surface area contributed by atoms with Crippen LogP contribution in [0.25, 0.3) is 5.69 Å². The van der Waals surface area contributed by atoms with Crippen LogP contribution >= 0.6 is 23.5 Å². The molecule has 1 N–H and O–H groups in total. The van der Waals surface area contributed by atoms with Crippen LogP contribution in [0.15, 0.2) is 88.9 Å². The molecule has 4 rings (SSSR count). The summed E-state index contributed by atoms with van der Waals surface area (Å²) in [5, 5.41) is 12.6. The molecule has 0 saturated carbocycles. The molecule has 0 bridgehead atoms. The van der Waals surface area contributed by atoms with E-state index in [-0.39, 0.29) is 11.7 Å². The van der Waals surface area contributed by atoms with Gasteiger partial charge in [0, 0.05) is 16.3 Å². The van der Waals surface area contributed by atoms with Crippen molar-refractivity contribution in [2.24, 2.45) is 0 Å². The maximum atomic E-state index is 12.6. The van der Waals surface area contributed by atoms with E-state index in [9.17, 15) is 4.79 Å². The lowest BCUT2D eigenvalue weighted by molar-refractivity contribution is -0.113. The van der Waals surface area contributed by atoms with Gasteiger partial charge in [0.2, 0.25) is 5.91 Å². The molecule has 0 radical (unpaired) electrons. The number of benzene rings is 3. The van der Waals surface area contributed by atoms with Crippen molar-refractivity contribution < 1.29 is 4.79 Å². The number of amides is 1. The van der Waals surface area contributed by atoms with Crippen molar-refractivity contribution in [1.82, 2.24) is 14.8 Å². The van der Waals surface area contributed by atoms with Gasteiger partial charge >= 0.3 is 0 Å². The van der Waals surface area contributed by atoms with Gasteiger partial charge < -0.3 is 5.32 Å². The van der Waals surface area contributed by atoms with Crippen molar-refractivity contribution in [3.63, 3.8) is 0 Å². The highest BCUT2D eigenvalue weighted by Crippen LogP contribution is 2.28. The number of hydrogen-bond donors (Lipinski definition) is 1. The first-order chi connectivity index (χ1) is 15.6. The molecule has 0 saturated heterocycles. The maximum Gasteiger partial charge on any atom is 0.234 e. The molecule has 0 aliphatic rings. The fourth-order valence-corrected chi connectivity index (χ4v) is 4.81. The number of carbonyl (C=O) groups excluding carboxylic acids is 1. The smallest absolute Gasteiger partial charge is 0.234 e. The number of aromatic nitrogens is 3. The van der Waals surface area contributed by atoms with Gasteiger partial charge in [-0.05, 0) is 55.3 Å². The first kappa shape index (κ1) is 22.2. The van der Waals surface area contributed by atoms with E-state index in [1.165, 1.54) is 16.7 Å². The molecule has 1 amide bonds. The molecular weight excluding hydrogens is 436 g/mol. The highest BCUT2D eigenvalue weighted by molar-refractivity contribution is 7.99. The minimum Gasteiger partial charge on any atom is -0.325 e. The molecule has 0 aliphatic heterocycles. The molecule has 4 aromatic rings. The number of nitrogens with zero attached hydrogens (tertiary/aromatic N) is 3. The minimum absolute atomic E-state index is 0.0664. The number of anilines is 1. The third kappa shape index (κ3) is 5.60. The predicted molar refractivity (Wildman–Crippen MR) is 133 cm³/mol. The average Bonchev–Trinajstić information content (AvgIpc) is 3.21. The van der Waals surface area contributed by atoms with E-state index in [2.05, 4.69) is 51.3 Å². The number of para-hydroxylation sites is 1. The van der Waals surface area contributed by atoms with E-state index >= 15 is 0 Å². The van der Waals surface area contributed by atoms with E-state index in [1.54, 1.807) is 11.8 Å². The normalized spacial score (nSPS) is 10.8. The Morgan fingerprint density at radius 1 is 0.906 bits per heavy atom. The summed E-state index contributed by atoms with van der Waals surface area (Å²) in [6.07, 6.45) is 0. The van der Waals surface area contributed by atoms with Crippen LogP contribution in [0.3, 0.4) is 0 Å². The van der Waals surface area contributed by atoms with Gasteiger partial charge in [0.15, 0.2) is 5.16 Å². The monoisotopic (exact) mass is 460 g/mol. The Morgan fingerprint density at radius 2 is 1.69 bits per heavy atom. The maximum absolute atomic E-state index is 12.6. The van der Waals surface area contributed by atoms with Gasteiger partial charge in [0.1, 0.15) is 5.82 Å². The lowest BCUT2D eigenvalue weighted by atomic mass is 10.2. The summed E-state index contributed by atoms with van der Waals surface area (Å²) < 4.78 is 2.05. The lowest BCUT2D eigenvalue weighted by Gasteiger charge is -2.11. The van der Waals surface area contributed by atoms with Crippen LogP contribution in [0.5, 0.6) is 0 Å². The SMILES string of the molecule is Cc1cccc(-n2c(CSc3ccccc3)nnc2SCC(=O)Nc2ccccc2C)c1. The van der Waals surface area contributed by atoms with Gasteiger partial charge in [-0.1, -0.05) is 60.3 Å². The summed E-state index contributed by atoms with van der Waals surface area (Å²) in [4.78, 5) is 13.7. The van der Waals surface area contributed by atoms with Gasteiger partial charge in [-0.3, -0.25) is 9.36 Å². The van der Waals surface area contributed by atoms with Gasteiger partial charge in [0.05, 0.1) is 11.5 Å². The molecule has 0 unspecified atom stereocenters. The zero-order valence-electron chi connectivity index (χ0n) is 18.0. The van der Waals surface area contributed by atoms with Crippen LogP contribution in [0.1, 0.15) is 17.0 Å². The van der Waals surface area contributed by atoms with Crippen LogP contribution in [0.2, 0.25) is 0 Å². The van der Waals surface area contributed by atoms with Crippen molar-refractivity contribution in [1.29, 1.82) is 0 Å². The Balaban J connectivity index is 1.52. The third-order valence-corrected chi connectivity index (χ3v) is 6.76. The largest absolute Gasteiger partial charge is 0.325 e. The minimum atomic E-state index is -0.0664. The first-order valence-electron chi connectivity index (χ1n) is 10.3. The van der Waals surface area contributed by atoms with Gasteiger partial charge in [-0.2, -0.15) is 0 Å². The summed E-state index contributed by atoms with van der Waals surface area (Å²) in [5.74, 6) is 1.72. The topological polar surface area (TPSA) is 59.8 Å². The number of carbonyl (C=O) groups is 1. The number of rotatable bonds is 8. The summed E-state index contributed by atoms with van der Waals surface area (Å²) in [6, 6.07) is 26.3. The molecule has 1 aromatic heterocycles. The molecular formula is C25H24N4OS2. The molecule has 0 spiro atoms. The highest BCUT2D eigenvalue weighted by Gasteiger charge is 2.16. The Labute approximate surface area is 196 Å². The fourth-order valence-electron chi connectivity index (χ4n) is 3.21. The zero-order valence-corrected chi connectivity index (χ0v) is 19.6. The first-order valence-corrected chi connectivity index (χ1v) is 12.2. The Morgan fingerprint density at radius 3 is 2.47 bits per heavy atom. The van der Waals surface area contributed by atoms with E-state index in [0.29, 0.717) is 10.9 Å². The molecule has 162 valence electrons. The standard InChI is InChI=1S/C25H24N4OS2/c1-18-9-8-11-20(15-18)29-23(16-31-21-12-4-3-5-13-21)27-28-25(29)32-17-24(30)26-22-14-7-6-10-19(22)2/h3-15H,16-17H2,1-2H3,(H,26,30). The fraction of sp³-hybridized carbons (Fsp3) is 0.160. The molecule has 3 aromatic carbocycles. The summed E-state index contributed by atoms with van der Waals surface area (Å²) in [5.41, 5.74) is 4.03. The summed E-state index contributed by atoms with van der Waals surface area (Å²) >= 11 is 3.11. The van der Waals surface area contributed by atoms with Crippen molar-refractivity contribution in [2.75, 3.05) is 11.1 Å². The molecule has 5 nitrogen and oxygen atoms in total. The quantitative estimate of drug-likeness (QED) is 0.331. The van der Waals surface area contributed by atoms with E-state index < -0.39 is 0 Å². The van der Waals surface area contributed by atoms with Crippen LogP contribution in [0.4, 0.5) is 5.69 Å². The molecule has 7 heteroatoms. The van der Waals surface area contributed by atoms with Crippen molar-refractivity contribution in [3.8, 4) is 5.69 Å². The average molecular weight is 461 g/mol. The summed E-state index contributed by atoms with van der Waals surface area (Å²) in [6.45, 7) is 4.04. The number of hydrogen-bond acceptors (Lipinski definition) is 5. The lowest BCUT2D eigenvalue weighted by Crippen LogP contribution is -2.15. The third-order valence-electron chi connectivity index (χ3n) is 4.82. The molecule has 0 fully saturated rings. The van der Waals surface area contributed by atoms with Crippen molar-refractivity contribution in [2.45, 2.75) is 29.7 Å². The summed E-state index contributed by atoms with van der Waals surface area (Å²) in [7, 11) is 0. The number of thioether (sulfide) groups is 2. The van der Waals surface area contributed by atoms with E-state index in [4.69, 9.17) is 0 Å². The molecule has 1 heterocycles. The van der Waals surface area contributed by atoms with Crippen molar-refractivity contribution in [3.05, 3.63) is 95.8 Å². The van der Waals surface area contributed by atoms with Crippen LogP contribution in [-0.4, -0.2) is 26.4 Å². The molecule has 0 atom stereocenters. The second-order valence-electron chi connectivity index (χ2n) is 7.33. The Hall–Kier alpha value is -3.03. The highest BCUT2D eigenvalue weighted by atomic mass is 32.2. The molecule has 32 heavy (non-hydrogen) atoms. The van der Waals surface area contributed by atoms with E-state index in [0.717, 1.165) is 28.3 Å².